The van der Waals surface area contributed by atoms with E-state index in [0.29, 0.717) is 39.9 Å². The topological polar surface area (TPSA) is 165 Å². The fourth-order valence-corrected chi connectivity index (χ4v) is 5.96. The van der Waals surface area contributed by atoms with Gasteiger partial charge in [0.25, 0.3) is 0 Å². The third kappa shape index (κ3) is 6.11. The number of halogens is 3. The van der Waals surface area contributed by atoms with Crippen LogP contribution in [-0.4, -0.2) is 84.8 Å². The number of fused-ring (bicyclic) bond motifs is 1. The molecule has 3 aromatic rings. The molecular formula is C25H30F3N7O4S. The lowest BCUT2D eigenvalue weighted by Gasteiger charge is -2.21. The number of alkyl halides is 3. The summed E-state index contributed by atoms with van der Waals surface area (Å²) in [5, 5.41) is 40.5. The number of aryl methyl sites for hydroxylation is 2. The highest BCUT2D eigenvalue weighted by molar-refractivity contribution is 7.21. The van der Waals surface area contributed by atoms with Gasteiger partial charge < -0.3 is 31.3 Å². The molecule has 11 nitrogen and oxygen atoms in total. The van der Waals surface area contributed by atoms with Crippen LogP contribution < -0.4 is 16.0 Å². The smallest absolute Gasteiger partial charge is 0.390 e. The van der Waals surface area contributed by atoms with Gasteiger partial charge in [-0.15, -0.1) is 11.3 Å². The molecule has 0 bridgehead atoms. The summed E-state index contributed by atoms with van der Waals surface area (Å²) in [5.41, 5.74) is 2.09. The number of carbonyl (C=O) groups is 1. The molecule has 1 amide bonds. The van der Waals surface area contributed by atoms with Crippen molar-refractivity contribution in [3.8, 4) is 10.6 Å². The largest absolute Gasteiger partial charge is 0.405 e. The average molecular weight is 582 g/mol. The van der Waals surface area contributed by atoms with Gasteiger partial charge >= 0.3 is 6.18 Å². The number of nitrogens with one attached hydrogen (secondary N) is 3. The average Bonchev–Trinajstić information content (AvgIpc) is 3.56. The third-order valence-electron chi connectivity index (χ3n) is 7.23. The van der Waals surface area contributed by atoms with Gasteiger partial charge in [0.2, 0.25) is 11.9 Å². The molecule has 3 heterocycles. The van der Waals surface area contributed by atoms with E-state index in [1.54, 1.807) is 26.1 Å². The van der Waals surface area contributed by atoms with Crippen LogP contribution in [0.4, 0.5) is 24.9 Å². The maximum atomic E-state index is 12.9. The fraction of sp³-hybridized carbons (Fsp3) is 0.560. The van der Waals surface area contributed by atoms with E-state index in [9.17, 15) is 33.3 Å². The molecule has 216 valence electrons. The normalized spacial score (nSPS) is 23.8. The van der Waals surface area contributed by atoms with Crippen LogP contribution in [0.1, 0.15) is 30.7 Å². The fourth-order valence-electron chi connectivity index (χ4n) is 4.85. The summed E-state index contributed by atoms with van der Waals surface area (Å²) in [5.74, 6) is -1.40. The molecule has 2 aliphatic carbocycles. The quantitative estimate of drug-likeness (QED) is 0.221. The van der Waals surface area contributed by atoms with Gasteiger partial charge in [-0.1, -0.05) is 0 Å². The molecule has 40 heavy (non-hydrogen) atoms. The van der Waals surface area contributed by atoms with Crippen LogP contribution in [0.3, 0.4) is 0 Å². The van der Waals surface area contributed by atoms with Crippen LogP contribution in [0.2, 0.25) is 0 Å². The summed E-state index contributed by atoms with van der Waals surface area (Å²) in [4.78, 5) is 29.9. The minimum Gasteiger partial charge on any atom is -0.390 e. The van der Waals surface area contributed by atoms with Crippen LogP contribution in [0, 0.1) is 25.7 Å². The number of nitrogens with zero attached hydrogens (tertiary/aromatic N) is 4. The number of carbonyl (C=O) groups excluding carboxylic acids is 1. The Bertz CT molecular complexity index is 1400. The summed E-state index contributed by atoms with van der Waals surface area (Å²) in [7, 11) is 0. The molecular weight excluding hydrogens is 551 g/mol. The van der Waals surface area contributed by atoms with E-state index >= 15 is 0 Å². The van der Waals surface area contributed by atoms with E-state index in [2.05, 4.69) is 35.9 Å². The Morgan fingerprint density at radius 1 is 1.15 bits per heavy atom. The molecule has 0 saturated heterocycles. The molecule has 0 aromatic carbocycles. The van der Waals surface area contributed by atoms with Gasteiger partial charge in [0.15, 0.2) is 0 Å². The van der Waals surface area contributed by atoms with Crippen molar-refractivity contribution in [1.29, 1.82) is 0 Å². The Morgan fingerprint density at radius 2 is 1.90 bits per heavy atom. The highest BCUT2D eigenvalue weighted by Crippen LogP contribution is 2.39. The second-order valence-corrected chi connectivity index (χ2v) is 11.4. The standard InChI is InChI=1S/C25H30F3N7O4S/c1-10-16(23-34-17-11(2)29-6-5-15(17)40-23)21(35-24(32-10)31-9-25(26,27)28)33-14-7-13(18(36)20(14)38)19(37)22(39)30-8-12-3-4-12/h5-6,12-14,18-20,36-38H,3-4,7-9H2,1-2H3,(H,30,39)(H2,31,32,33,35)/t13-,14?,18+,19?,20-/m0/s1. The summed E-state index contributed by atoms with van der Waals surface area (Å²) in [6.07, 6.45) is -5.21. The molecule has 15 heteroatoms. The summed E-state index contributed by atoms with van der Waals surface area (Å²) < 4.78 is 39.5. The van der Waals surface area contributed by atoms with E-state index in [-0.39, 0.29) is 18.2 Å². The highest BCUT2D eigenvalue weighted by atomic mass is 32.1. The Morgan fingerprint density at radius 3 is 2.58 bits per heavy atom. The van der Waals surface area contributed by atoms with E-state index in [4.69, 9.17) is 0 Å². The van der Waals surface area contributed by atoms with Crippen molar-refractivity contribution < 1.29 is 33.3 Å². The second-order valence-electron chi connectivity index (χ2n) is 10.4. The Labute approximate surface area is 231 Å². The first-order valence-corrected chi connectivity index (χ1v) is 13.7. The number of thiazole rings is 1. The Balaban J connectivity index is 1.44. The zero-order valence-corrected chi connectivity index (χ0v) is 22.6. The molecule has 2 unspecified atom stereocenters. The van der Waals surface area contributed by atoms with Gasteiger partial charge in [0.05, 0.1) is 33.8 Å². The number of aromatic nitrogens is 4. The lowest BCUT2D eigenvalue weighted by atomic mass is 9.97. The first-order valence-electron chi connectivity index (χ1n) is 12.9. The van der Waals surface area contributed by atoms with Crippen LogP contribution in [-0.2, 0) is 4.79 Å². The first-order chi connectivity index (χ1) is 18.9. The van der Waals surface area contributed by atoms with Crippen LogP contribution in [0.5, 0.6) is 0 Å². The summed E-state index contributed by atoms with van der Waals surface area (Å²) in [6, 6.07) is 0.913. The van der Waals surface area contributed by atoms with Crippen molar-refractivity contribution in [2.75, 3.05) is 23.7 Å². The predicted molar refractivity (Wildman–Crippen MR) is 142 cm³/mol. The molecule has 5 rings (SSSR count). The molecule has 5 atom stereocenters. The minimum atomic E-state index is -4.50. The molecule has 2 saturated carbocycles. The highest BCUT2D eigenvalue weighted by Gasteiger charge is 2.47. The third-order valence-corrected chi connectivity index (χ3v) is 8.26. The SMILES string of the molecule is Cc1nc(NCC(F)(F)F)nc(NC2C[C@H](C(O)C(=O)NCC3CC3)[C@@H](O)[C@H]2O)c1-c1nc2c(C)nccc2s1. The Hall–Kier alpha value is -3.14. The Kier molecular flexibility index (Phi) is 7.83. The maximum absolute atomic E-state index is 12.9. The van der Waals surface area contributed by atoms with Crippen LogP contribution >= 0.6 is 11.3 Å². The van der Waals surface area contributed by atoms with Gasteiger partial charge in [-0.2, -0.15) is 18.2 Å². The van der Waals surface area contributed by atoms with Crippen molar-refractivity contribution in [1.82, 2.24) is 25.3 Å². The summed E-state index contributed by atoms with van der Waals surface area (Å²) in [6.45, 7) is 2.50. The summed E-state index contributed by atoms with van der Waals surface area (Å²) >= 11 is 1.32. The zero-order chi connectivity index (χ0) is 28.8. The van der Waals surface area contributed by atoms with Gasteiger partial charge in [0.1, 0.15) is 35.1 Å². The maximum Gasteiger partial charge on any atom is 0.405 e. The van der Waals surface area contributed by atoms with Gasteiger partial charge in [-0.25, -0.2) is 9.97 Å². The van der Waals surface area contributed by atoms with Crippen molar-refractivity contribution in [2.45, 2.75) is 63.6 Å². The van der Waals surface area contributed by atoms with Crippen molar-refractivity contribution >= 4 is 39.2 Å². The van der Waals surface area contributed by atoms with E-state index in [0.717, 1.165) is 17.5 Å². The monoisotopic (exact) mass is 581 g/mol. The number of aliphatic hydroxyl groups excluding tert-OH is 3. The number of rotatable bonds is 9. The van der Waals surface area contributed by atoms with Crippen molar-refractivity contribution in [2.24, 2.45) is 11.8 Å². The molecule has 6 N–H and O–H groups in total. The molecule has 2 fully saturated rings. The van der Waals surface area contributed by atoms with E-state index in [1.807, 2.05) is 0 Å². The number of anilines is 2. The molecule has 3 aromatic heterocycles. The van der Waals surface area contributed by atoms with Crippen molar-refractivity contribution in [3.05, 3.63) is 23.7 Å². The number of hydrogen-bond donors (Lipinski definition) is 6. The number of hydrogen-bond acceptors (Lipinski definition) is 11. The molecule has 0 radical (unpaired) electrons. The van der Waals surface area contributed by atoms with E-state index < -0.39 is 48.9 Å². The van der Waals surface area contributed by atoms with Gasteiger partial charge in [-0.3, -0.25) is 9.78 Å². The first kappa shape index (κ1) is 28.4. The lowest BCUT2D eigenvalue weighted by Crippen LogP contribution is -2.44. The number of amides is 1. The van der Waals surface area contributed by atoms with Crippen LogP contribution in [0.15, 0.2) is 12.3 Å². The second kappa shape index (κ2) is 11.0. The minimum absolute atomic E-state index is 0.00295. The number of pyridine rings is 1. The predicted octanol–water partition coefficient (Wildman–Crippen LogP) is 2.15. The molecule has 0 aliphatic heterocycles. The zero-order valence-electron chi connectivity index (χ0n) is 21.7. The molecule has 0 spiro atoms. The van der Waals surface area contributed by atoms with Crippen molar-refractivity contribution in [3.63, 3.8) is 0 Å². The van der Waals surface area contributed by atoms with Gasteiger partial charge in [-0.05, 0) is 45.1 Å². The van der Waals surface area contributed by atoms with E-state index in [1.165, 1.54) is 11.3 Å². The van der Waals surface area contributed by atoms with Gasteiger partial charge in [0, 0.05) is 18.7 Å². The molecule has 2 aliphatic rings. The lowest BCUT2D eigenvalue weighted by molar-refractivity contribution is -0.135. The van der Waals surface area contributed by atoms with Crippen LogP contribution in [0.25, 0.3) is 20.8 Å². The number of aliphatic hydroxyl groups is 3.